The summed E-state index contributed by atoms with van der Waals surface area (Å²) in [7, 11) is 4.93. The number of ether oxygens (including phenoxy) is 3. The van der Waals surface area contributed by atoms with E-state index < -0.39 is 46.9 Å². The standard InChI is InChI=1S/C46H62N8O7S.4H2S/c1-11-53-36-17-16-29-20-31(36)32(40(53)30-14-12-18-47-38(30)28(4)59-9)22-45(5,6)26-61-43(57)33-15-13-19-54(50-33)42(56)34(21-37-48-35(29)23-62-37)49-41(55)39(27(2)3)51(8)44(58)52-24-46(7,25-52)60-10;;;;/h12,14,16-18,20,23,27-28,33-34,39,50H,11,13,15,19,21-22,24-26H2,1-10H3,(H,49,55);4*1H2/t28-,33-,34-,39-;;;;/m0..../s1. The van der Waals surface area contributed by atoms with E-state index in [1.54, 1.807) is 32.4 Å². The van der Waals surface area contributed by atoms with Crippen LogP contribution in [0.4, 0.5) is 4.79 Å². The number of hydrazine groups is 1. The summed E-state index contributed by atoms with van der Waals surface area (Å²) in [5.74, 6) is -1.57. The van der Waals surface area contributed by atoms with Crippen molar-refractivity contribution in [1.29, 1.82) is 0 Å². The van der Waals surface area contributed by atoms with Crippen molar-refractivity contribution < 1.29 is 33.4 Å². The molecule has 0 unspecified atom stereocenters. The molecule has 2 N–H and O–H groups in total. The average molecular weight is 1010 g/mol. The number of urea groups is 1. The molecule has 7 rings (SSSR count). The predicted octanol–water partition coefficient (Wildman–Crippen LogP) is 6.45. The van der Waals surface area contributed by atoms with Crippen LogP contribution in [0, 0.1) is 11.3 Å². The molecule has 20 heteroatoms. The van der Waals surface area contributed by atoms with Gasteiger partial charge in [-0.05, 0) is 75.8 Å². The molecule has 2 fully saturated rings. The summed E-state index contributed by atoms with van der Waals surface area (Å²) in [4.78, 5) is 69.3. The summed E-state index contributed by atoms with van der Waals surface area (Å²) in [6.07, 6.45) is 3.27. The molecule has 66 heavy (non-hydrogen) atoms. The van der Waals surface area contributed by atoms with E-state index in [9.17, 15) is 19.2 Å². The summed E-state index contributed by atoms with van der Waals surface area (Å²) in [5.41, 5.74) is 8.92. The minimum Gasteiger partial charge on any atom is -0.464 e. The molecule has 366 valence electrons. The van der Waals surface area contributed by atoms with Gasteiger partial charge in [-0.15, -0.1) is 11.3 Å². The molecular weight excluding hydrogens is 937 g/mol. The highest BCUT2D eigenvalue weighted by Crippen LogP contribution is 2.42. The third kappa shape index (κ3) is 11.7. The van der Waals surface area contributed by atoms with Gasteiger partial charge in [0.2, 0.25) is 5.91 Å². The number of likely N-dealkylation sites (N-methyl/N-ethyl adjacent to an activating group) is 1. The monoisotopic (exact) mass is 1010 g/mol. The SMILES string of the molecule is CCn1c(-c2cccnc2[C@H](C)OC)c2c3cc(ccc31)-c1csc(n1)C[C@H](NC(=O)[C@H](C(C)C)N(C)C(=O)N1CC(C)(OC)C1)C(=O)N1CCC[C@H](N1)C(=O)OCC(C)(C)C2.S.S.S.S. The number of pyridine rings is 1. The van der Waals surface area contributed by atoms with Crippen molar-refractivity contribution in [2.24, 2.45) is 11.3 Å². The summed E-state index contributed by atoms with van der Waals surface area (Å²) in [6.45, 7) is 16.0. The first-order valence-electron chi connectivity index (χ1n) is 21.7. The number of cyclic esters (lactones) is 1. The van der Waals surface area contributed by atoms with Gasteiger partial charge in [0.05, 0.1) is 47.9 Å². The maximum absolute atomic E-state index is 14.5. The maximum atomic E-state index is 14.5. The summed E-state index contributed by atoms with van der Waals surface area (Å²) in [5, 5.41) is 8.15. The topological polar surface area (TPSA) is 160 Å². The fourth-order valence-corrected chi connectivity index (χ4v) is 9.96. The van der Waals surface area contributed by atoms with Gasteiger partial charge in [0, 0.05) is 79.8 Å². The second kappa shape index (κ2) is 23.2. The fourth-order valence-electron chi connectivity index (χ4n) is 9.11. The number of carbonyl (C=O) groups is 4. The molecule has 0 saturated carbocycles. The van der Waals surface area contributed by atoms with Gasteiger partial charge in [-0.25, -0.2) is 15.2 Å². The minimum absolute atomic E-state index is 0. The van der Waals surface area contributed by atoms with Gasteiger partial charge in [0.1, 0.15) is 23.7 Å². The number of nitrogens with one attached hydrogen (secondary N) is 2. The number of aromatic nitrogens is 3. The number of amides is 4. The van der Waals surface area contributed by atoms with Crippen LogP contribution in [0.25, 0.3) is 33.4 Å². The molecule has 3 aliphatic heterocycles. The van der Waals surface area contributed by atoms with Gasteiger partial charge in [0.15, 0.2) is 0 Å². The molecule has 0 aliphatic carbocycles. The number of carbonyl (C=O) groups excluding carboxylic acids is 4. The van der Waals surface area contributed by atoms with Crippen molar-refractivity contribution in [2.75, 3.05) is 47.5 Å². The zero-order valence-electron chi connectivity index (χ0n) is 39.7. The van der Waals surface area contributed by atoms with Crippen molar-refractivity contribution in [3.8, 4) is 22.5 Å². The first-order chi connectivity index (χ1) is 29.5. The highest BCUT2D eigenvalue weighted by atomic mass is 32.1. The molecule has 6 bridgehead atoms. The van der Waals surface area contributed by atoms with Crippen molar-refractivity contribution in [3.63, 3.8) is 0 Å². The molecule has 4 aromatic rings. The largest absolute Gasteiger partial charge is 0.464 e. The third-order valence-electron chi connectivity index (χ3n) is 12.6. The van der Waals surface area contributed by atoms with E-state index in [0.29, 0.717) is 50.4 Å². The fraction of sp³-hybridized carbons (Fsp3) is 0.565. The highest BCUT2D eigenvalue weighted by molar-refractivity contribution is 7.59. The van der Waals surface area contributed by atoms with E-state index in [1.807, 2.05) is 39.1 Å². The van der Waals surface area contributed by atoms with Gasteiger partial charge in [-0.1, -0.05) is 33.8 Å². The zero-order chi connectivity index (χ0) is 44.7. The number of aryl methyl sites for hydroxylation is 1. The number of fused-ring (bicyclic) bond motifs is 6. The van der Waals surface area contributed by atoms with Crippen LogP contribution in [0.2, 0.25) is 0 Å². The Morgan fingerprint density at radius 3 is 2.44 bits per heavy atom. The number of benzene rings is 1. The van der Waals surface area contributed by atoms with Crippen molar-refractivity contribution in [1.82, 2.24) is 40.1 Å². The lowest BCUT2D eigenvalue weighted by atomic mass is 9.84. The number of hydrogen-bond acceptors (Lipinski definition) is 11. The molecular formula is C46H70N8O7S5. The normalized spacial score (nSPS) is 19.9. The average Bonchev–Trinajstić information content (AvgIpc) is 3.84. The highest BCUT2D eigenvalue weighted by Gasteiger charge is 2.45. The van der Waals surface area contributed by atoms with E-state index in [4.69, 9.17) is 24.2 Å². The number of methoxy groups -OCH3 is 2. The number of rotatable bonds is 9. The second-order valence-corrected chi connectivity index (χ2v) is 19.3. The van der Waals surface area contributed by atoms with E-state index in [2.05, 4.69) is 60.3 Å². The molecule has 15 nitrogen and oxygen atoms in total. The van der Waals surface area contributed by atoms with E-state index in [1.165, 1.54) is 21.2 Å². The molecule has 4 atom stereocenters. The van der Waals surface area contributed by atoms with Crippen LogP contribution >= 0.6 is 65.3 Å². The van der Waals surface area contributed by atoms with E-state index >= 15 is 0 Å². The van der Waals surface area contributed by atoms with Crippen LogP contribution in [0.3, 0.4) is 0 Å². The van der Waals surface area contributed by atoms with E-state index in [0.717, 1.165) is 44.7 Å². The lowest BCUT2D eigenvalue weighted by Crippen LogP contribution is -2.67. The zero-order valence-corrected chi connectivity index (χ0v) is 44.6. The molecule has 0 spiro atoms. The van der Waals surface area contributed by atoms with Gasteiger partial charge in [0.25, 0.3) is 5.91 Å². The molecule has 2 saturated heterocycles. The Labute approximate surface area is 421 Å². The number of nitrogens with zero attached hydrogens (tertiary/aromatic N) is 6. The Bertz CT molecular complexity index is 2330. The van der Waals surface area contributed by atoms with Crippen molar-refractivity contribution >= 4 is 100 Å². The molecule has 1 aromatic carbocycles. The lowest BCUT2D eigenvalue weighted by Gasteiger charge is -2.48. The Morgan fingerprint density at radius 2 is 1.79 bits per heavy atom. The van der Waals surface area contributed by atoms with Crippen LogP contribution in [-0.2, 0) is 48.0 Å². The van der Waals surface area contributed by atoms with Crippen LogP contribution in [-0.4, -0.2) is 124 Å². The maximum Gasteiger partial charge on any atom is 0.324 e. The molecule has 3 aromatic heterocycles. The Morgan fingerprint density at radius 1 is 1.08 bits per heavy atom. The summed E-state index contributed by atoms with van der Waals surface area (Å²) >= 11 is 1.42. The first-order valence-corrected chi connectivity index (χ1v) is 22.6. The van der Waals surface area contributed by atoms with E-state index in [-0.39, 0.29) is 85.1 Å². The number of thiazole rings is 1. The van der Waals surface area contributed by atoms with Crippen LogP contribution in [0.5, 0.6) is 0 Å². The number of esters is 1. The van der Waals surface area contributed by atoms with Gasteiger partial charge >= 0.3 is 12.0 Å². The predicted molar refractivity (Wildman–Crippen MR) is 280 cm³/mol. The molecule has 6 heterocycles. The van der Waals surface area contributed by atoms with Gasteiger partial charge in [-0.3, -0.25) is 24.4 Å². The first kappa shape index (κ1) is 56.8. The second-order valence-electron chi connectivity index (χ2n) is 18.4. The Hall–Kier alpha value is -3.50. The van der Waals surface area contributed by atoms with Crippen LogP contribution in [0.15, 0.2) is 41.9 Å². The molecule has 4 amide bonds. The summed E-state index contributed by atoms with van der Waals surface area (Å²) < 4.78 is 19.8. The minimum atomic E-state index is -1.05. The Balaban J connectivity index is 0.00000289. The Kier molecular flexibility index (Phi) is 20.0. The van der Waals surface area contributed by atoms with Gasteiger partial charge < -0.3 is 33.9 Å². The smallest absolute Gasteiger partial charge is 0.324 e. The lowest BCUT2D eigenvalue weighted by molar-refractivity contribution is -0.155. The van der Waals surface area contributed by atoms with Crippen LogP contribution in [0.1, 0.15) is 83.7 Å². The quantitative estimate of drug-likeness (QED) is 0.179. The van der Waals surface area contributed by atoms with Crippen molar-refractivity contribution in [3.05, 3.63) is 58.2 Å². The van der Waals surface area contributed by atoms with Gasteiger partial charge in [-0.2, -0.15) is 54.0 Å². The third-order valence-corrected chi connectivity index (χ3v) is 13.5. The summed E-state index contributed by atoms with van der Waals surface area (Å²) in [6, 6.07) is 7.46. The number of hydrogen-bond donors (Lipinski definition) is 2. The van der Waals surface area contributed by atoms with Crippen LogP contribution < -0.4 is 10.7 Å². The number of likely N-dealkylation sites (tertiary alicyclic amines) is 1. The molecule has 0 radical (unpaired) electrons. The van der Waals surface area contributed by atoms with Crippen molar-refractivity contribution in [2.45, 2.75) is 111 Å². The molecule has 3 aliphatic rings.